The number of hydrogen-bond donors (Lipinski definition) is 1. The minimum absolute atomic E-state index is 0.0806. The lowest BCUT2D eigenvalue weighted by molar-refractivity contribution is 0.548. The highest BCUT2D eigenvalue weighted by molar-refractivity contribution is 7.80. The lowest BCUT2D eigenvalue weighted by Crippen LogP contribution is -2.30. The molecule has 3 aromatic heterocycles. The Morgan fingerprint density at radius 1 is 0.969 bits per heavy atom. The van der Waals surface area contributed by atoms with Gasteiger partial charge in [-0.25, -0.2) is 4.98 Å². The molecule has 4 aromatic rings. The summed E-state index contributed by atoms with van der Waals surface area (Å²) in [4.78, 5) is 11.5. The fourth-order valence-electron chi connectivity index (χ4n) is 4.27. The van der Waals surface area contributed by atoms with Crippen molar-refractivity contribution < 1.29 is 0 Å². The van der Waals surface area contributed by atoms with Crippen molar-refractivity contribution in [2.45, 2.75) is 32.4 Å². The van der Waals surface area contributed by atoms with Gasteiger partial charge in [0, 0.05) is 30.0 Å². The number of hydrogen-bond acceptors (Lipinski definition) is 3. The van der Waals surface area contributed by atoms with Crippen LogP contribution >= 0.6 is 12.2 Å². The molecule has 5 rings (SSSR count). The molecule has 0 spiro atoms. The predicted octanol–water partition coefficient (Wildman–Crippen LogP) is 5.32. The number of aryl methyl sites for hydroxylation is 2. The SMILES string of the molecule is CCc1ccc(N2C(=S)NC(c3ccccn3)C2c2cccn2-c2ccc(C)cn2)cc1. The largest absolute Gasteiger partial charge is 0.351 e. The molecule has 0 amide bonds. The summed E-state index contributed by atoms with van der Waals surface area (Å²) in [6, 6.07) is 22.8. The van der Waals surface area contributed by atoms with Crippen molar-refractivity contribution in [1.82, 2.24) is 19.9 Å². The van der Waals surface area contributed by atoms with Crippen molar-refractivity contribution in [1.29, 1.82) is 0 Å². The Balaban J connectivity index is 1.64. The Morgan fingerprint density at radius 3 is 2.50 bits per heavy atom. The summed E-state index contributed by atoms with van der Waals surface area (Å²) in [6.45, 7) is 4.21. The van der Waals surface area contributed by atoms with Crippen molar-refractivity contribution in [3.63, 3.8) is 0 Å². The highest BCUT2D eigenvalue weighted by Crippen LogP contribution is 2.42. The van der Waals surface area contributed by atoms with Crippen LogP contribution in [0.2, 0.25) is 0 Å². The Bertz CT molecular complexity index is 1220. The third-order valence-corrected chi connectivity index (χ3v) is 6.26. The molecule has 4 heterocycles. The van der Waals surface area contributed by atoms with Crippen LogP contribution in [0.4, 0.5) is 5.69 Å². The van der Waals surface area contributed by atoms with E-state index in [9.17, 15) is 0 Å². The fraction of sp³-hybridized carbons (Fsp3) is 0.192. The average molecular weight is 440 g/mol. The standard InChI is InChI=1S/C26H25N5S/c1-3-19-10-12-20(13-11-19)31-25(24(29-26(31)32)21-7-4-5-15-27-21)22-8-6-16-30(22)23-14-9-18(2)17-28-23/h4-17,24-25H,3H2,1-2H3,(H,29,32). The van der Waals surface area contributed by atoms with E-state index in [1.54, 1.807) is 0 Å². The molecule has 6 heteroatoms. The molecule has 1 N–H and O–H groups in total. The second-order valence-corrected chi connectivity index (χ2v) is 8.40. The molecule has 0 radical (unpaired) electrons. The van der Waals surface area contributed by atoms with Gasteiger partial charge in [-0.15, -0.1) is 0 Å². The zero-order valence-electron chi connectivity index (χ0n) is 18.1. The van der Waals surface area contributed by atoms with E-state index in [1.165, 1.54) is 5.56 Å². The van der Waals surface area contributed by atoms with Gasteiger partial charge < -0.3 is 14.8 Å². The molecule has 2 unspecified atom stereocenters. The first kappa shape index (κ1) is 20.4. The number of aromatic nitrogens is 3. The van der Waals surface area contributed by atoms with Gasteiger partial charge in [-0.1, -0.05) is 31.2 Å². The minimum atomic E-state index is -0.0892. The molecular formula is C26H25N5S. The number of nitrogens with zero attached hydrogens (tertiary/aromatic N) is 4. The van der Waals surface area contributed by atoms with Crippen molar-refractivity contribution in [2.75, 3.05) is 4.90 Å². The molecule has 0 aliphatic carbocycles. The van der Waals surface area contributed by atoms with Gasteiger partial charge in [0.1, 0.15) is 11.9 Å². The van der Waals surface area contributed by atoms with Gasteiger partial charge in [0.25, 0.3) is 0 Å². The van der Waals surface area contributed by atoms with Crippen LogP contribution in [-0.2, 0) is 6.42 Å². The minimum Gasteiger partial charge on any atom is -0.351 e. The summed E-state index contributed by atoms with van der Waals surface area (Å²) in [7, 11) is 0. The molecule has 1 aliphatic heterocycles. The second-order valence-electron chi connectivity index (χ2n) is 8.01. The summed E-state index contributed by atoms with van der Waals surface area (Å²) >= 11 is 5.85. The first-order chi connectivity index (χ1) is 15.7. The van der Waals surface area contributed by atoms with E-state index >= 15 is 0 Å². The molecule has 2 atom stereocenters. The summed E-state index contributed by atoms with van der Waals surface area (Å²) in [6.07, 6.45) is 6.79. The molecule has 1 aliphatic rings. The van der Waals surface area contributed by atoms with E-state index in [2.05, 4.69) is 86.4 Å². The third-order valence-electron chi connectivity index (χ3n) is 5.95. The zero-order valence-corrected chi connectivity index (χ0v) is 19.0. The lowest BCUT2D eigenvalue weighted by Gasteiger charge is -2.29. The van der Waals surface area contributed by atoms with Crippen LogP contribution in [0.25, 0.3) is 5.82 Å². The highest BCUT2D eigenvalue weighted by atomic mass is 32.1. The molecule has 1 aromatic carbocycles. The molecule has 32 heavy (non-hydrogen) atoms. The molecule has 5 nitrogen and oxygen atoms in total. The van der Waals surface area contributed by atoms with Crippen LogP contribution in [0.5, 0.6) is 0 Å². The summed E-state index contributed by atoms with van der Waals surface area (Å²) in [5, 5.41) is 4.23. The van der Waals surface area contributed by atoms with Crippen LogP contribution in [0.3, 0.4) is 0 Å². The second kappa shape index (κ2) is 8.55. The van der Waals surface area contributed by atoms with Gasteiger partial charge in [0.05, 0.1) is 11.7 Å². The van der Waals surface area contributed by atoms with Gasteiger partial charge in [0.2, 0.25) is 0 Å². The number of thiocarbonyl (C=S) groups is 1. The Hall–Kier alpha value is -3.51. The lowest BCUT2D eigenvalue weighted by atomic mass is 10.0. The Kier molecular flexibility index (Phi) is 5.45. The van der Waals surface area contributed by atoms with E-state index in [1.807, 2.05) is 37.5 Å². The van der Waals surface area contributed by atoms with Gasteiger partial charge in [-0.05, 0) is 79.2 Å². The number of anilines is 1. The van der Waals surface area contributed by atoms with Crippen LogP contribution < -0.4 is 10.2 Å². The molecule has 0 saturated carbocycles. The highest BCUT2D eigenvalue weighted by Gasteiger charge is 2.42. The van der Waals surface area contributed by atoms with Gasteiger partial charge in [0.15, 0.2) is 5.11 Å². The zero-order chi connectivity index (χ0) is 22.1. The van der Waals surface area contributed by atoms with Gasteiger partial charge in [-0.2, -0.15) is 0 Å². The van der Waals surface area contributed by atoms with Crippen LogP contribution in [0, 0.1) is 6.92 Å². The summed E-state index contributed by atoms with van der Waals surface area (Å²) in [5.41, 5.74) is 5.56. The number of rotatable bonds is 5. The monoisotopic (exact) mass is 439 g/mol. The average Bonchev–Trinajstić information content (AvgIpc) is 3.44. The van der Waals surface area contributed by atoms with Gasteiger partial charge >= 0.3 is 0 Å². The maximum atomic E-state index is 5.85. The smallest absolute Gasteiger partial charge is 0.174 e. The maximum absolute atomic E-state index is 5.85. The number of pyridine rings is 2. The van der Waals surface area contributed by atoms with Gasteiger partial charge in [-0.3, -0.25) is 4.98 Å². The number of benzene rings is 1. The predicted molar refractivity (Wildman–Crippen MR) is 132 cm³/mol. The van der Waals surface area contributed by atoms with E-state index in [-0.39, 0.29) is 12.1 Å². The fourth-order valence-corrected chi connectivity index (χ4v) is 4.62. The Labute approximate surface area is 193 Å². The first-order valence-corrected chi connectivity index (χ1v) is 11.3. The molecular weight excluding hydrogens is 414 g/mol. The normalized spacial score (nSPS) is 18.1. The molecule has 1 fully saturated rings. The number of nitrogens with one attached hydrogen (secondary N) is 1. The van der Waals surface area contributed by atoms with E-state index in [4.69, 9.17) is 12.2 Å². The van der Waals surface area contributed by atoms with Crippen LogP contribution in [0.15, 0.2) is 85.3 Å². The maximum Gasteiger partial charge on any atom is 0.174 e. The van der Waals surface area contributed by atoms with E-state index in [0.717, 1.165) is 34.9 Å². The van der Waals surface area contributed by atoms with Crippen molar-refractivity contribution in [2.24, 2.45) is 0 Å². The van der Waals surface area contributed by atoms with Crippen LogP contribution in [0.1, 0.15) is 41.5 Å². The molecule has 160 valence electrons. The van der Waals surface area contributed by atoms with Crippen molar-refractivity contribution >= 4 is 23.0 Å². The van der Waals surface area contributed by atoms with Crippen molar-refractivity contribution in [3.8, 4) is 5.82 Å². The van der Waals surface area contributed by atoms with E-state index in [0.29, 0.717) is 5.11 Å². The van der Waals surface area contributed by atoms with E-state index < -0.39 is 0 Å². The molecule has 0 bridgehead atoms. The summed E-state index contributed by atoms with van der Waals surface area (Å²) in [5.74, 6) is 0.884. The quantitative estimate of drug-likeness (QED) is 0.427. The first-order valence-electron chi connectivity index (χ1n) is 10.9. The molecule has 1 saturated heterocycles. The van der Waals surface area contributed by atoms with Crippen LogP contribution in [-0.4, -0.2) is 19.6 Å². The topological polar surface area (TPSA) is 46.0 Å². The summed E-state index contributed by atoms with van der Waals surface area (Å²) < 4.78 is 2.14. The Morgan fingerprint density at radius 2 is 1.81 bits per heavy atom. The third kappa shape index (κ3) is 3.67. The van der Waals surface area contributed by atoms with Crippen molar-refractivity contribution in [3.05, 3.63) is 108 Å².